The topological polar surface area (TPSA) is 77.7 Å². The Morgan fingerprint density at radius 3 is 2.31 bits per heavy atom. The number of hydrogen-bond donors (Lipinski definition) is 0. The van der Waals surface area contributed by atoms with Gasteiger partial charge in [0.2, 0.25) is 0 Å². The van der Waals surface area contributed by atoms with Crippen molar-refractivity contribution < 1.29 is 8.42 Å². The van der Waals surface area contributed by atoms with E-state index in [1.807, 2.05) is 0 Å². The number of nitrogens with zero attached hydrogens (tertiary/aromatic N) is 4. The molecule has 0 bridgehead atoms. The molecule has 0 amide bonds. The largest absolute Gasteiger partial charge is 0.261 e. The predicted octanol–water partition coefficient (Wildman–Crippen LogP) is 0.805. The van der Waals surface area contributed by atoms with E-state index in [0.717, 1.165) is 5.56 Å². The maximum atomic E-state index is 11.0. The lowest BCUT2D eigenvalue weighted by atomic mass is 10.2. The fraction of sp³-hybridized carbons (Fsp3) is 0.125. The molecule has 84 valence electrons. The van der Waals surface area contributed by atoms with Gasteiger partial charge in [-0.25, -0.2) is 13.1 Å². The fourth-order valence-electron chi connectivity index (χ4n) is 1.24. The summed E-state index contributed by atoms with van der Waals surface area (Å²) in [4.78, 5) is 0.0491. The van der Waals surface area contributed by atoms with E-state index in [9.17, 15) is 8.42 Å². The van der Waals surface area contributed by atoms with Gasteiger partial charge in [-0.1, -0.05) is 0 Å². The van der Waals surface area contributed by atoms with Gasteiger partial charge in [-0.3, -0.25) is 0 Å². The standard InChI is InChI=1S/C8H7ClN4O2S/c1-13-8(10-11-12-13)6-2-4-7(5-3-6)16(9,14)15/h2-5H,1H3. The van der Waals surface area contributed by atoms with Crippen molar-refractivity contribution in [1.29, 1.82) is 0 Å². The molecule has 6 nitrogen and oxygen atoms in total. The molecule has 1 aromatic carbocycles. The molecular formula is C8H7ClN4O2S. The van der Waals surface area contributed by atoms with Crippen molar-refractivity contribution in [2.24, 2.45) is 7.05 Å². The molecule has 2 aromatic rings. The van der Waals surface area contributed by atoms with Gasteiger partial charge in [-0.15, -0.1) is 5.10 Å². The molecule has 0 spiro atoms. The molecule has 0 unspecified atom stereocenters. The summed E-state index contributed by atoms with van der Waals surface area (Å²) < 4.78 is 23.5. The van der Waals surface area contributed by atoms with E-state index < -0.39 is 9.05 Å². The van der Waals surface area contributed by atoms with Crippen LogP contribution >= 0.6 is 10.7 Å². The predicted molar refractivity (Wildman–Crippen MR) is 57.3 cm³/mol. The summed E-state index contributed by atoms with van der Waals surface area (Å²) in [7, 11) is 3.20. The third-order valence-electron chi connectivity index (χ3n) is 2.01. The summed E-state index contributed by atoms with van der Waals surface area (Å²) >= 11 is 0. The van der Waals surface area contributed by atoms with E-state index >= 15 is 0 Å². The fourth-order valence-corrected chi connectivity index (χ4v) is 2.01. The quantitative estimate of drug-likeness (QED) is 0.745. The SMILES string of the molecule is Cn1nnnc1-c1ccc(S(=O)(=O)Cl)cc1. The lowest BCUT2D eigenvalue weighted by molar-refractivity contribution is 0.609. The van der Waals surface area contributed by atoms with Crippen LogP contribution in [0.1, 0.15) is 0 Å². The van der Waals surface area contributed by atoms with Gasteiger partial charge in [0.05, 0.1) is 4.90 Å². The zero-order valence-corrected chi connectivity index (χ0v) is 9.77. The Hall–Kier alpha value is -1.47. The van der Waals surface area contributed by atoms with Crippen LogP contribution < -0.4 is 0 Å². The van der Waals surface area contributed by atoms with Crippen LogP contribution in [0.2, 0.25) is 0 Å². The third-order valence-corrected chi connectivity index (χ3v) is 3.38. The van der Waals surface area contributed by atoms with Crippen molar-refractivity contribution in [3.8, 4) is 11.4 Å². The lowest BCUT2D eigenvalue weighted by Crippen LogP contribution is -1.95. The molecule has 1 heterocycles. The van der Waals surface area contributed by atoms with E-state index in [2.05, 4.69) is 15.5 Å². The van der Waals surface area contributed by atoms with E-state index in [1.54, 1.807) is 19.2 Å². The van der Waals surface area contributed by atoms with E-state index in [-0.39, 0.29) is 4.90 Å². The highest BCUT2D eigenvalue weighted by atomic mass is 35.7. The molecule has 0 aliphatic carbocycles. The Kier molecular flexibility index (Phi) is 2.64. The van der Waals surface area contributed by atoms with Crippen LogP contribution in [-0.4, -0.2) is 28.6 Å². The first kappa shape index (κ1) is 11.0. The third kappa shape index (κ3) is 2.05. The average Bonchev–Trinajstić information content (AvgIpc) is 2.63. The molecule has 0 aliphatic heterocycles. The van der Waals surface area contributed by atoms with Gasteiger partial charge in [-0.05, 0) is 34.7 Å². The molecule has 16 heavy (non-hydrogen) atoms. The number of hydrogen-bond acceptors (Lipinski definition) is 5. The van der Waals surface area contributed by atoms with Gasteiger partial charge in [0.25, 0.3) is 9.05 Å². The van der Waals surface area contributed by atoms with Gasteiger partial charge in [0.1, 0.15) is 0 Å². The Labute approximate surface area is 96.3 Å². The van der Waals surface area contributed by atoms with E-state index in [1.165, 1.54) is 16.8 Å². The van der Waals surface area contributed by atoms with Crippen molar-refractivity contribution in [1.82, 2.24) is 20.2 Å². The molecule has 0 fully saturated rings. The summed E-state index contributed by atoms with van der Waals surface area (Å²) in [6, 6.07) is 6.01. The van der Waals surface area contributed by atoms with Crippen LogP contribution in [0.4, 0.5) is 0 Å². The average molecular weight is 259 g/mol. The summed E-state index contributed by atoms with van der Waals surface area (Å²) in [5.74, 6) is 0.554. The molecule has 0 atom stereocenters. The highest BCUT2D eigenvalue weighted by molar-refractivity contribution is 8.13. The minimum atomic E-state index is -3.68. The smallest absolute Gasteiger partial charge is 0.229 e. The molecular weight excluding hydrogens is 252 g/mol. The number of rotatable bonds is 2. The molecule has 0 radical (unpaired) electrons. The van der Waals surface area contributed by atoms with Crippen molar-refractivity contribution >= 4 is 19.7 Å². The van der Waals surface area contributed by atoms with Crippen molar-refractivity contribution in [3.05, 3.63) is 24.3 Å². The highest BCUT2D eigenvalue weighted by Gasteiger charge is 2.11. The Balaban J connectivity index is 2.45. The molecule has 2 rings (SSSR count). The van der Waals surface area contributed by atoms with Gasteiger partial charge in [0.15, 0.2) is 5.82 Å². The van der Waals surface area contributed by atoms with Gasteiger partial charge in [0, 0.05) is 23.3 Å². The normalized spacial score (nSPS) is 11.6. The van der Waals surface area contributed by atoms with Gasteiger partial charge in [-0.2, -0.15) is 0 Å². The number of tetrazole rings is 1. The number of benzene rings is 1. The van der Waals surface area contributed by atoms with Crippen molar-refractivity contribution in [2.45, 2.75) is 4.90 Å². The number of aryl methyl sites for hydroxylation is 1. The van der Waals surface area contributed by atoms with Crippen LogP contribution in [0.5, 0.6) is 0 Å². The van der Waals surface area contributed by atoms with Crippen molar-refractivity contribution in [2.75, 3.05) is 0 Å². The second-order valence-electron chi connectivity index (χ2n) is 3.09. The number of aromatic nitrogens is 4. The summed E-state index contributed by atoms with van der Waals surface area (Å²) in [6.45, 7) is 0. The summed E-state index contributed by atoms with van der Waals surface area (Å²) in [5.41, 5.74) is 0.719. The highest BCUT2D eigenvalue weighted by Crippen LogP contribution is 2.20. The van der Waals surface area contributed by atoms with Crippen LogP contribution in [-0.2, 0) is 16.1 Å². The zero-order chi connectivity index (χ0) is 11.8. The monoisotopic (exact) mass is 258 g/mol. The number of halogens is 1. The Morgan fingerprint density at radius 1 is 1.25 bits per heavy atom. The maximum absolute atomic E-state index is 11.0. The van der Waals surface area contributed by atoms with E-state index in [0.29, 0.717) is 5.82 Å². The second kappa shape index (κ2) is 3.84. The first-order valence-electron chi connectivity index (χ1n) is 4.26. The van der Waals surface area contributed by atoms with E-state index in [4.69, 9.17) is 10.7 Å². The maximum Gasteiger partial charge on any atom is 0.261 e. The first-order valence-corrected chi connectivity index (χ1v) is 6.57. The molecule has 8 heteroatoms. The molecule has 0 N–H and O–H groups in total. The molecule has 0 saturated heterocycles. The summed E-state index contributed by atoms with van der Waals surface area (Å²) in [6.07, 6.45) is 0. The lowest BCUT2D eigenvalue weighted by Gasteiger charge is -2.00. The van der Waals surface area contributed by atoms with Crippen molar-refractivity contribution in [3.63, 3.8) is 0 Å². The Bertz CT molecular complexity index is 605. The minimum absolute atomic E-state index is 0.0491. The van der Waals surface area contributed by atoms with Crippen LogP contribution in [0.25, 0.3) is 11.4 Å². The van der Waals surface area contributed by atoms with Gasteiger partial charge >= 0.3 is 0 Å². The van der Waals surface area contributed by atoms with Crippen LogP contribution in [0.15, 0.2) is 29.2 Å². The molecule has 0 aliphatic rings. The summed E-state index contributed by atoms with van der Waals surface area (Å²) in [5, 5.41) is 11.0. The molecule has 1 aromatic heterocycles. The van der Waals surface area contributed by atoms with Gasteiger partial charge < -0.3 is 0 Å². The first-order chi connectivity index (χ1) is 7.48. The molecule has 0 saturated carbocycles. The minimum Gasteiger partial charge on any atom is -0.229 e. The Morgan fingerprint density at radius 2 is 1.88 bits per heavy atom. The zero-order valence-electron chi connectivity index (χ0n) is 8.20. The van der Waals surface area contributed by atoms with Crippen LogP contribution in [0, 0.1) is 0 Å². The van der Waals surface area contributed by atoms with Crippen LogP contribution in [0.3, 0.4) is 0 Å². The second-order valence-corrected chi connectivity index (χ2v) is 5.65.